The normalized spacial score (nSPS) is 36.1. The molecule has 3 heteroatoms. The Kier molecular flexibility index (Phi) is 2.85. The molecule has 0 saturated carbocycles. The van der Waals surface area contributed by atoms with Crippen LogP contribution in [0.1, 0.15) is 19.8 Å². The van der Waals surface area contributed by atoms with Crippen LogP contribution < -0.4 is 21.2 Å². The molecule has 2 saturated heterocycles. The Bertz CT molecular complexity index is 318. The van der Waals surface area contributed by atoms with Crippen LogP contribution in [0.25, 0.3) is 0 Å². The van der Waals surface area contributed by atoms with Crippen LogP contribution in [0.3, 0.4) is 0 Å². The van der Waals surface area contributed by atoms with Gasteiger partial charge in [-0.15, -0.1) is 0 Å². The van der Waals surface area contributed by atoms with Gasteiger partial charge >= 0.3 is 102 Å². The quantitative estimate of drug-likeness (QED) is 0.439. The summed E-state index contributed by atoms with van der Waals surface area (Å²) in [6.45, 7) is 5.81. The minimum atomic E-state index is 0.564. The molecule has 3 aliphatic rings. The first-order valence-electron chi connectivity index (χ1n) is 5.93. The number of halogens is 1. The number of nitrogens with zero attached hydrogens (tertiary/aromatic N) is 2. The van der Waals surface area contributed by atoms with Gasteiger partial charge in [0.15, 0.2) is 0 Å². The predicted molar refractivity (Wildman–Crippen MR) is 59.3 cm³/mol. The fourth-order valence-electron chi connectivity index (χ4n) is 2.44. The van der Waals surface area contributed by atoms with Gasteiger partial charge in [0.2, 0.25) is 0 Å². The number of piperidine rings is 1. The van der Waals surface area contributed by atoms with E-state index in [1.807, 2.05) is 0 Å². The number of hydrogen-bond acceptors (Lipinski definition) is 2. The topological polar surface area (TPSA) is 15.6 Å². The van der Waals surface area contributed by atoms with E-state index in [0.29, 0.717) is 27.2 Å². The molecule has 0 amide bonds. The molecule has 0 N–H and O–H groups in total. The third kappa shape index (κ3) is 2.13. The molecule has 2 atom stereocenters. The third-order valence-electron chi connectivity index (χ3n) is 3.55. The van der Waals surface area contributed by atoms with Crippen molar-refractivity contribution < 1.29 is 21.2 Å². The summed E-state index contributed by atoms with van der Waals surface area (Å²) in [5.74, 6) is 0. The molecule has 3 rings (SSSR count). The molecule has 0 aromatic heterocycles. The fraction of sp³-hybridized carbons (Fsp3) is 0.750. The van der Waals surface area contributed by atoms with Gasteiger partial charge in [0.1, 0.15) is 0 Å². The van der Waals surface area contributed by atoms with Crippen LogP contribution in [0.15, 0.2) is 16.6 Å². The van der Waals surface area contributed by atoms with Crippen molar-refractivity contribution in [3.8, 4) is 0 Å². The van der Waals surface area contributed by atoms with Gasteiger partial charge in [-0.1, -0.05) is 0 Å². The molecular weight excluding hydrogens is 299 g/mol. The number of alkyl halides is 2. The van der Waals surface area contributed by atoms with E-state index in [9.17, 15) is 0 Å². The second-order valence-corrected chi connectivity index (χ2v) is 7.91. The van der Waals surface area contributed by atoms with Crippen LogP contribution in [0, 0.1) is 0 Å². The van der Waals surface area contributed by atoms with Crippen molar-refractivity contribution in [1.82, 2.24) is 4.90 Å². The van der Waals surface area contributed by atoms with E-state index in [4.69, 9.17) is 4.99 Å². The van der Waals surface area contributed by atoms with Gasteiger partial charge in [-0.25, -0.2) is 0 Å². The summed E-state index contributed by atoms with van der Waals surface area (Å²) in [4.78, 5) is 7.51. The number of likely N-dealkylation sites (N-methyl/N-ethyl adjacent to an activating group) is 1. The summed E-state index contributed by atoms with van der Waals surface area (Å²) in [5, 5.41) is 0. The van der Waals surface area contributed by atoms with Crippen molar-refractivity contribution in [2.24, 2.45) is 4.99 Å². The molecule has 2 unspecified atom stereocenters. The number of aliphatic imine (C=N–C) groups is 1. The van der Waals surface area contributed by atoms with Crippen molar-refractivity contribution in [1.29, 1.82) is 0 Å². The monoisotopic (exact) mass is 317 g/mol. The number of rotatable bonds is 2. The van der Waals surface area contributed by atoms with E-state index in [0.717, 1.165) is 10.5 Å². The molecule has 15 heavy (non-hydrogen) atoms. The summed E-state index contributed by atoms with van der Waals surface area (Å²) < 4.78 is 2.57. The number of likely N-dealkylation sites (tertiary alicyclic amines) is 1. The first-order chi connectivity index (χ1) is 7.36. The van der Waals surface area contributed by atoms with E-state index in [1.54, 1.807) is 5.57 Å². The maximum atomic E-state index is 4.98. The Morgan fingerprint density at radius 2 is 2.47 bits per heavy atom. The summed E-state index contributed by atoms with van der Waals surface area (Å²) in [6.07, 6.45) is 4.92. The van der Waals surface area contributed by atoms with Gasteiger partial charge in [0.05, 0.1) is 0 Å². The second kappa shape index (κ2) is 4.17. The van der Waals surface area contributed by atoms with Crippen LogP contribution in [0.5, 0.6) is 0 Å². The average Bonchev–Trinajstić information content (AvgIpc) is 3.11. The van der Waals surface area contributed by atoms with Gasteiger partial charge in [0, 0.05) is 0 Å². The van der Waals surface area contributed by atoms with Gasteiger partial charge in [-0.05, 0) is 0 Å². The first-order valence-corrected chi connectivity index (χ1v) is 8.70. The van der Waals surface area contributed by atoms with Crippen molar-refractivity contribution in [3.63, 3.8) is 0 Å². The fourth-order valence-corrected chi connectivity index (χ4v) is 4.36. The van der Waals surface area contributed by atoms with E-state index >= 15 is 0 Å². The Balaban J connectivity index is 1.72. The van der Waals surface area contributed by atoms with E-state index in [-0.39, 0.29) is 0 Å². The molecule has 84 valence electrons. The zero-order chi connectivity index (χ0) is 10.3. The van der Waals surface area contributed by atoms with Crippen molar-refractivity contribution >= 4 is 5.71 Å². The van der Waals surface area contributed by atoms with Crippen LogP contribution in [0.2, 0.25) is 0 Å². The Morgan fingerprint density at radius 1 is 1.60 bits per heavy atom. The molecule has 2 nitrogen and oxygen atoms in total. The van der Waals surface area contributed by atoms with E-state index in [1.165, 1.54) is 36.1 Å². The summed E-state index contributed by atoms with van der Waals surface area (Å²) >= 11 is 0.564. The van der Waals surface area contributed by atoms with Gasteiger partial charge < -0.3 is 0 Å². The molecule has 3 aliphatic heterocycles. The third-order valence-corrected chi connectivity index (χ3v) is 6.28. The molecule has 0 radical (unpaired) electrons. The van der Waals surface area contributed by atoms with Crippen molar-refractivity contribution in [2.75, 3.05) is 24.1 Å². The van der Waals surface area contributed by atoms with Gasteiger partial charge in [0.25, 0.3) is 0 Å². The Labute approximate surface area is 102 Å². The summed E-state index contributed by atoms with van der Waals surface area (Å²) in [5.41, 5.74) is 2.99. The number of fused-ring (bicyclic) bond motifs is 1. The zero-order valence-electron chi connectivity index (χ0n) is 9.25. The predicted octanol–water partition coefficient (Wildman–Crippen LogP) is -1.68. The molecule has 3 heterocycles. The van der Waals surface area contributed by atoms with Crippen molar-refractivity contribution in [2.45, 2.75) is 29.7 Å². The SMILES string of the molecule is CCN1CCC2=NC(C3C[I-]3)CC=C2C1. The molecule has 0 aliphatic carbocycles. The molecule has 0 aromatic carbocycles. The average molecular weight is 317 g/mol. The molecule has 0 bridgehead atoms. The molecular formula is C12H18IN2-. The summed E-state index contributed by atoms with van der Waals surface area (Å²) in [7, 11) is 0. The van der Waals surface area contributed by atoms with Crippen LogP contribution in [0.4, 0.5) is 0 Å². The number of dihydropyridines is 1. The minimum absolute atomic E-state index is 0.564. The Hall–Kier alpha value is 0.100. The standard InChI is InChI=1S/C12H18IN2/c1-2-15-6-5-11-9(8-15)3-4-12(14-11)10-7-13-10/h3,10,12H,2,4-8H2,1H3/q-1. The van der Waals surface area contributed by atoms with Crippen LogP contribution in [-0.4, -0.2) is 44.6 Å². The first kappa shape index (κ1) is 10.3. The molecule has 2 fully saturated rings. The Morgan fingerprint density at radius 3 is 3.20 bits per heavy atom. The summed E-state index contributed by atoms with van der Waals surface area (Å²) in [6, 6.07) is 0.699. The van der Waals surface area contributed by atoms with Crippen LogP contribution in [-0.2, 0) is 0 Å². The van der Waals surface area contributed by atoms with E-state index < -0.39 is 0 Å². The van der Waals surface area contributed by atoms with Crippen molar-refractivity contribution in [3.05, 3.63) is 11.6 Å². The molecule has 0 aromatic rings. The van der Waals surface area contributed by atoms with Gasteiger partial charge in [-0.2, -0.15) is 0 Å². The van der Waals surface area contributed by atoms with Gasteiger partial charge in [-0.3, -0.25) is 0 Å². The number of hydrogen-bond donors (Lipinski definition) is 0. The van der Waals surface area contributed by atoms with E-state index in [2.05, 4.69) is 17.9 Å². The molecule has 0 spiro atoms. The second-order valence-electron chi connectivity index (χ2n) is 4.55. The maximum absolute atomic E-state index is 4.98. The zero-order valence-corrected chi connectivity index (χ0v) is 11.4. The van der Waals surface area contributed by atoms with Crippen LogP contribution >= 0.6 is 0 Å².